The number of rotatable bonds is 5. The highest BCUT2D eigenvalue weighted by molar-refractivity contribution is 9.09. The molecule has 4 atom stereocenters. The molecule has 4 N–H and O–H groups in total. The molecule has 0 saturated heterocycles. The predicted molar refractivity (Wildman–Crippen MR) is 73.5 cm³/mol. The van der Waals surface area contributed by atoms with Crippen LogP contribution in [0, 0.1) is 0 Å². The van der Waals surface area contributed by atoms with Crippen molar-refractivity contribution in [3.8, 4) is 0 Å². The van der Waals surface area contributed by atoms with Gasteiger partial charge in [-0.1, -0.05) is 29.8 Å². The first-order valence-corrected chi connectivity index (χ1v) is 6.51. The van der Waals surface area contributed by atoms with Crippen molar-refractivity contribution in [1.29, 1.82) is 0 Å². The molecule has 0 radical (unpaired) electrons. The van der Waals surface area contributed by atoms with Crippen molar-refractivity contribution >= 4 is 22.2 Å². The largest absolute Gasteiger partial charge is 0.876 e. The van der Waals surface area contributed by atoms with Crippen molar-refractivity contribution in [3.05, 3.63) is 24.7 Å². The summed E-state index contributed by atoms with van der Waals surface area (Å²) in [6.07, 6.45) is -5.99. The van der Waals surface area contributed by atoms with Gasteiger partial charge >= 0.3 is 0 Å². The normalized spacial score (nSPS) is 15.2. The molecular formula is C12H21BrO7-2. The molecule has 0 spiro atoms. The third kappa shape index (κ3) is 19.4. The van der Waals surface area contributed by atoms with Crippen LogP contribution >= 0.6 is 15.9 Å². The van der Waals surface area contributed by atoms with Gasteiger partial charge in [0.05, 0.1) is 6.10 Å². The van der Waals surface area contributed by atoms with E-state index in [1.165, 1.54) is 13.8 Å². The fourth-order valence-corrected chi connectivity index (χ4v) is 0.984. The second-order valence-corrected chi connectivity index (χ2v) is 4.38. The van der Waals surface area contributed by atoms with E-state index in [1.807, 2.05) is 0 Å². The average Bonchev–Trinajstić information content (AvgIpc) is 2.33. The zero-order chi connectivity index (χ0) is 16.9. The van der Waals surface area contributed by atoms with E-state index in [-0.39, 0.29) is 23.1 Å². The van der Waals surface area contributed by atoms with E-state index in [2.05, 4.69) is 29.1 Å². The van der Waals surface area contributed by atoms with Crippen LogP contribution in [0.25, 0.3) is 0 Å². The molecule has 0 aromatic heterocycles. The standard InChI is InChI=1S/C6H11BrO5.2C3H6O/c7-1-3(9)5(11)6(12)4(10)2-8;2*1-3(2)4/h2-6,9-12H,1H2;2*4H,1H2,2H3/p-2/t3-,4+,5+,6-;;/m0../s1. The summed E-state index contributed by atoms with van der Waals surface area (Å²) in [4.78, 5) is 9.95. The van der Waals surface area contributed by atoms with E-state index >= 15 is 0 Å². The van der Waals surface area contributed by atoms with Crippen LogP contribution in [0.3, 0.4) is 0 Å². The number of hydrogen-bond acceptors (Lipinski definition) is 7. The molecule has 0 aromatic carbocycles. The summed E-state index contributed by atoms with van der Waals surface area (Å²) in [7, 11) is 0. The highest BCUT2D eigenvalue weighted by Gasteiger charge is 2.29. The van der Waals surface area contributed by atoms with Gasteiger partial charge in [-0.3, -0.25) is 0 Å². The van der Waals surface area contributed by atoms with Crippen molar-refractivity contribution in [2.75, 3.05) is 5.33 Å². The molecule has 8 heteroatoms. The Hall–Kier alpha value is -0.930. The van der Waals surface area contributed by atoms with Crippen LogP contribution < -0.4 is 10.2 Å². The van der Waals surface area contributed by atoms with Gasteiger partial charge in [-0.25, -0.2) is 0 Å². The molecule has 20 heavy (non-hydrogen) atoms. The Morgan fingerprint density at radius 2 is 1.40 bits per heavy atom. The second-order valence-electron chi connectivity index (χ2n) is 3.73. The molecule has 0 amide bonds. The van der Waals surface area contributed by atoms with Crippen LogP contribution in [0.2, 0.25) is 0 Å². The lowest BCUT2D eigenvalue weighted by atomic mass is 10.1. The second kappa shape index (κ2) is 14.5. The molecular weight excluding hydrogens is 336 g/mol. The third-order valence-electron chi connectivity index (χ3n) is 1.39. The SMILES string of the molecule is C=C(C)[O-].C=C(C)[O-].O=C[C@@H](O)[C@H](O)[C@H](O)[C@@H](O)CBr. The zero-order valence-electron chi connectivity index (χ0n) is 11.4. The number of aldehydes is 1. The summed E-state index contributed by atoms with van der Waals surface area (Å²) in [6.45, 7) is 8.83. The topological polar surface area (TPSA) is 144 Å². The fourth-order valence-electron chi connectivity index (χ4n) is 0.601. The molecule has 0 aliphatic carbocycles. The van der Waals surface area contributed by atoms with Crippen molar-refractivity contribution in [3.63, 3.8) is 0 Å². The Balaban J connectivity index is -0.000000297. The van der Waals surface area contributed by atoms with Crippen LogP contribution in [-0.2, 0) is 4.79 Å². The quantitative estimate of drug-likeness (QED) is 0.248. The molecule has 120 valence electrons. The molecule has 0 heterocycles. The lowest BCUT2D eigenvalue weighted by molar-refractivity contribution is -0.301. The number of halogens is 1. The minimum Gasteiger partial charge on any atom is -0.876 e. The first-order valence-electron chi connectivity index (χ1n) is 5.39. The number of hydrogen-bond donors (Lipinski definition) is 4. The lowest BCUT2D eigenvalue weighted by Gasteiger charge is -2.22. The van der Waals surface area contributed by atoms with E-state index in [0.717, 1.165) is 0 Å². The van der Waals surface area contributed by atoms with Crippen molar-refractivity contribution in [2.45, 2.75) is 38.3 Å². The van der Waals surface area contributed by atoms with E-state index in [0.29, 0.717) is 0 Å². The number of alkyl halides is 1. The Bertz CT molecular complexity index is 263. The maximum Gasteiger partial charge on any atom is 0.151 e. The number of carbonyl (C=O) groups is 1. The highest BCUT2D eigenvalue weighted by Crippen LogP contribution is 2.05. The van der Waals surface area contributed by atoms with E-state index in [9.17, 15) is 15.0 Å². The molecule has 0 fully saturated rings. The number of aliphatic hydroxyl groups is 4. The monoisotopic (exact) mass is 356 g/mol. The van der Waals surface area contributed by atoms with Crippen LogP contribution in [0.4, 0.5) is 0 Å². The number of carbonyl (C=O) groups excluding carboxylic acids is 1. The molecule has 0 aliphatic heterocycles. The fraction of sp³-hybridized carbons (Fsp3) is 0.583. The van der Waals surface area contributed by atoms with Crippen molar-refractivity contribution in [1.82, 2.24) is 0 Å². The summed E-state index contributed by atoms with van der Waals surface area (Å²) in [5, 5.41) is 54.4. The molecule has 0 bridgehead atoms. The maximum absolute atomic E-state index is 9.95. The van der Waals surface area contributed by atoms with Crippen LogP contribution in [0.5, 0.6) is 0 Å². The molecule has 0 aliphatic rings. The van der Waals surface area contributed by atoms with Gasteiger partial charge in [-0.05, 0) is 0 Å². The Morgan fingerprint density at radius 3 is 1.60 bits per heavy atom. The van der Waals surface area contributed by atoms with Crippen LogP contribution in [0.1, 0.15) is 13.8 Å². The highest BCUT2D eigenvalue weighted by atomic mass is 79.9. The summed E-state index contributed by atoms with van der Waals surface area (Å²) >= 11 is 2.86. The zero-order valence-corrected chi connectivity index (χ0v) is 13.0. The molecule has 0 aromatic rings. The first-order chi connectivity index (χ1) is 9.00. The summed E-state index contributed by atoms with van der Waals surface area (Å²) in [5.74, 6) is -0.167. The first kappa shape index (κ1) is 24.1. The van der Waals surface area contributed by atoms with Gasteiger partial charge in [0.25, 0.3) is 0 Å². The molecule has 0 rings (SSSR count). The van der Waals surface area contributed by atoms with Gasteiger partial charge in [0.2, 0.25) is 0 Å². The van der Waals surface area contributed by atoms with Gasteiger partial charge in [-0.15, -0.1) is 24.7 Å². The Morgan fingerprint density at radius 1 is 1.10 bits per heavy atom. The van der Waals surface area contributed by atoms with Gasteiger partial charge in [0.15, 0.2) is 6.29 Å². The van der Waals surface area contributed by atoms with Crippen molar-refractivity contribution < 1.29 is 35.4 Å². The summed E-state index contributed by atoms with van der Waals surface area (Å²) in [5.41, 5.74) is 0. The van der Waals surface area contributed by atoms with Crippen molar-refractivity contribution in [2.24, 2.45) is 0 Å². The Kier molecular flexibility index (Phi) is 17.5. The van der Waals surface area contributed by atoms with Gasteiger partial charge in [0, 0.05) is 5.33 Å². The van der Waals surface area contributed by atoms with Gasteiger partial charge in [0.1, 0.15) is 18.3 Å². The minimum atomic E-state index is -1.67. The van der Waals surface area contributed by atoms with Crippen LogP contribution in [-0.4, -0.2) is 56.5 Å². The van der Waals surface area contributed by atoms with Crippen LogP contribution in [0.15, 0.2) is 24.7 Å². The predicted octanol–water partition coefficient (Wildman–Crippen LogP) is -2.22. The molecule has 0 unspecified atom stereocenters. The van der Waals surface area contributed by atoms with Gasteiger partial charge < -0.3 is 35.4 Å². The number of aliphatic hydroxyl groups excluding tert-OH is 4. The molecule has 7 nitrogen and oxygen atoms in total. The Labute approximate surface area is 126 Å². The lowest BCUT2D eigenvalue weighted by Crippen LogP contribution is -2.45. The molecule has 0 saturated carbocycles. The summed E-state index contributed by atoms with van der Waals surface area (Å²) in [6, 6.07) is 0. The minimum absolute atomic E-state index is 0.0524. The van der Waals surface area contributed by atoms with E-state index in [1.54, 1.807) is 0 Å². The van der Waals surface area contributed by atoms with Gasteiger partial charge in [-0.2, -0.15) is 0 Å². The van der Waals surface area contributed by atoms with E-state index in [4.69, 9.17) is 20.4 Å². The third-order valence-corrected chi connectivity index (χ3v) is 2.05. The maximum atomic E-state index is 9.95. The summed E-state index contributed by atoms with van der Waals surface area (Å²) < 4.78 is 0. The van der Waals surface area contributed by atoms with E-state index < -0.39 is 24.4 Å². The average molecular weight is 357 g/mol. The number of allylic oxidation sites excluding steroid dienone is 2. The smallest absolute Gasteiger partial charge is 0.151 e.